The van der Waals surface area contributed by atoms with Gasteiger partial charge in [-0.25, -0.2) is 4.79 Å². The number of amides is 2. The number of carbonyl (C=O) groups is 3. The molecule has 0 radical (unpaired) electrons. The fraction of sp³-hybridized carbons (Fsp3) is 0.318. The number of carbonyl (C=O) groups excluding carboxylic acids is 3. The zero-order chi connectivity index (χ0) is 21.7. The van der Waals surface area contributed by atoms with Crippen molar-refractivity contribution < 1.29 is 28.6 Å². The molecule has 2 amide bonds. The maximum atomic E-state index is 12.5. The molecule has 30 heavy (non-hydrogen) atoms. The van der Waals surface area contributed by atoms with Gasteiger partial charge in [-0.05, 0) is 56.2 Å². The van der Waals surface area contributed by atoms with Crippen molar-refractivity contribution in [3.05, 3.63) is 48.0 Å². The second kappa shape index (κ2) is 9.30. The van der Waals surface area contributed by atoms with Crippen molar-refractivity contribution in [3.63, 3.8) is 0 Å². The molecule has 1 saturated carbocycles. The molecule has 1 aliphatic carbocycles. The lowest BCUT2D eigenvalue weighted by atomic mass is 10.2. The molecule has 1 unspecified atom stereocenters. The van der Waals surface area contributed by atoms with Crippen LogP contribution in [0.5, 0.6) is 11.5 Å². The first-order valence-corrected chi connectivity index (χ1v) is 9.56. The van der Waals surface area contributed by atoms with E-state index in [-0.39, 0.29) is 17.4 Å². The molecule has 1 fully saturated rings. The quantitative estimate of drug-likeness (QED) is 0.646. The molecule has 0 aliphatic heterocycles. The number of esters is 1. The second-order valence-electron chi connectivity index (χ2n) is 6.94. The Kier molecular flexibility index (Phi) is 6.56. The molecule has 8 heteroatoms. The number of hydrogen-bond acceptors (Lipinski definition) is 6. The van der Waals surface area contributed by atoms with Gasteiger partial charge in [-0.15, -0.1) is 0 Å². The molecule has 2 N–H and O–H groups in total. The van der Waals surface area contributed by atoms with Crippen LogP contribution < -0.4 is 20.1 Å². The van der Waals surface area contributed by atoms with Crippen LogP contribution in [0.4, 0.5) is 11.4 Å². The molecule has 2 aromatic carbocycles. The SMILES string of the molecule is COc1ccc(OC)c(NC(=O)C(C)OC(=O)c2ccc(NC(=O)C3CC3)cc2)c1. The van der Waals surface area contributed by atoms with Crippen LogP contribution in [0.2, 0.25) is 0 Å². The Morgan fingerprint density at radius 2 is 1.67 bits per heavy atom. The third-order valence-corrected chi connectivity index (χ3v) is 4.65. The highest BCUT2D eigenvalue weighted by atomic mass is 16.5. The smallest absolute Gasteiger partial charge is 0.338 e. The predicted molar refractivity (Wildman–Crippen MR) is 111 cm³/mol. The van der Waals surface area contributed by atoms with Crippen LogP contribution in [0.25, 0.3) is 0 Å². The number of methoxy groups -OCH3 is 2. The van der Waals surface area contributed by atoms with Crippen molar-refractivity contribution in [1.29, 1.82) is 0 Å². The van der Waals surface area contributed by atoms with Gasteiger partial charge in [-0.2, -0.15) is 0 Å². The molecule has 0 heterocycles. The van der Waals surface area contributed by atoms with Gasteiger partial charge in [0.05, 0.1) is 25.5 Å². The Labute approximate surface area is 174 Å². The van der Waals surface area contributed by atoms with Gasteiger partial charge in [0, 0.05) is 17.7 Å². The lowest BCUT2D eigenvalue weighted by Crippen LogP contribution is -2.30. The number of nitrogens with one attached hydrogen (secondary N) is 2. The van der Waals surface area contributed by atoms with E-state index in [0.29, 0.717) is 22.9 Å². The van der Waals surface area contributed by atoms with Crippen LogP contribution in [-0.2, 0) is 14.3 Å². The summed E-state index contributed by atoms with van der Waals surface area (Å²) in [5.74, 6) is -0.0736. The van der Waals surface area contributed by atoms with Crippen LogP contribution in [0.1, 0.15) is 30.1 Å². The summed E-state index contributed by atoms with van der Waals surface area (Å²) < 4.78 is 15.6. The minimum atomic E-state index is -1.04. The van der Waals surface area contributed by atoms with E-state index in [1.807, 2.05) is 0 Å². The number of benzene rings is 2. The molecule has 0 aromatic heterocycles. The fourth-order valence-corrected chi connectivity index (χ4v) is 2.71. The first-order valence-electron chi connectivity index (χ1n) is 9.56. The van der Waals surface area contributed by atoms with Crippen LogP contribution in [0.15, 0.2) is 42.5 Å². The van der Waals surface area contributed by atoms with Gasteiger partial charge in [-0.3, -0.25) is 9.59 Å². The van der Waals surface area contributed by atoms with Gasteiger partial charge in [0.15, 0.2) is 6.10 Å². The highest BCUT2D eigenvalue weighted by Crippen LogP contribution is 2.30. The number of hydrogen-bond donors (Lipinski definition) is 2. The van der Waals surface area contributed by atoms with Gasteiger partial charge in [0.25, 0.3) is 5.91 Å². The normalized spacial score (nSPS) is 13.7. The van der Waals surface area contributed by atoms with Crippen LogP contribution >= 0.6 is 0 Å². The van der Waals surface area contributed by atoms with E-state index < -0.39 is 18.0 Å². The molecule has 8 nitrogen and oxygen atoms in total. The topological polar surface area (TPSA) is 103 Å². The van der Waals surface area contributed by atoms with Crippen molar-refractivity contribution >= 4 is 29.2 Å². The van der Waals surface area contributed by atoms with Crippen molar-refractivity contribution in [1.82, 2.24) is 0 Å². The molecule has 0 saturated heterocycles. The zero-order valence-corrected chi connectivity index (χ0v) is 17.1. The average molecular weight is 412 g/mol. The van der Waals surface area contributed by atoms with Crippen LogP contribution in [0.3, 0.4) is 0 Å². The summed E-state index contributed by atoms with van der Waals surface area (Å²) in [6.45, 7) is 1.48. The summed E-state index contributed by atoms with van der Waals surface area (Å²) >= 11 is 0. The van der Waals surface area contributed by atoms with E-state index in [9.17, 15) is 14.4 Å². The molecule has 3 rings (SSSR count). The maximum absolute atomic E-state index is 12.5. The monoisotopic (exact) mass is 412 g/mol. The maximum Gasteiger partial charge on any atom is 0.338 e. The van der Waals surface area contributed by atoms with Crippen molar-refractivity contribution in [2.45, 2.75) is 25.9 Å². The standard InChI is InChI=1S/C22H24N2O6/c1-13(20(25)24-18-12-17(28-2)10-11-19(18)29-3)30-22(27)15-6-8-16(9-7-15)23-21(26)14-4-5-14/h6-14H,4-5H2,1-3H3,(H,23,26)(H,24,25). The first-order chi connectivity index (χ1) is 14.4. The van der Waals surface area contributed by atoms with E-state index in [1.54, 1.807) is 42.5 Å². The van der Waals surface area contributed by atoms with Gasteiger partial charge < -0.3 is 24.8 Å². The van der Waals surface area contributed by atoms with E-state index in [4.69, 9.17) is 14.2 Å². The number of anilines is 2. The van der Waals surface area contributed by atoms with Gasteiger partial charge in [-0.1, -0.05) is 0 Å². The average Bonchev–Trinajstić information content (AvgIpc) is 3.59. The Balaban J connectivity index is 1.58. The van der Waals surface area contributed by atoms with Gasteiger partial charge in [0.1, 0.15) is 11.5 Å². The Morgan fingerprint density at radius 3 is 2.27 bits per heavy atom. The first kappa shape index (κ1) is 21.2. The number of ether oxygens (including phenoxy) is 3. The summed E-state index contributed by atoms with van der Waals surface area (Å²) in [6.07, 6.45) is 0.790. The lowest BCUT2D eigenvalue weighted by Gasteiger charge is -2.16. The molecular weight excluding hydrogens is 388 g/mol. The second-order valence-corrected chi connectivity index (χ2v) is 6.94. The van der Waals surface area contributed by atoms with E-state index in [2.05, 4.69) is 10.6 Å². The predicted octanol–water partition coefficient (Wildman–Crippen LogP) is 3.24. The van der Waals surface area contributed by atoms with Crippen LogP contribution in [0, 0.1) is 5.92 Å². The fourth-order valence-electron chi connectivity index (χ4n) is 2.71. The minimum absolute atomic E-state index is 0.0106. The minimum Gasteiger partial charge on any atom is -0.497 e. The Bertz CT molecular complexity index is 937. The molecule has 1 aliphatic rings. The third-order valence-electron chi connectivity index (χ3n) is 4.65. The molecule has 0 bridgehead atoms. The van der Waals surface area contributed by atoms with Crippen molar-refractivity contribution in [2.75, 3.05) is 24.9 Å². The van der Waals surface area contributed by atoms with Crippen LogP contribution in [-0.4, -0.2) is 38.1 Å². The highest BCUT2D eigenvalue weighted by molar-refractivity contribution is 5.99. The lowest BCUT2D eigenvalue weighted by molar-refractivity contribution is -0.123. The largest absolute Gasteiger partial charge is 0.497 e. The van der Waals surface area contributed by atoms with Crippen molar-refractivity contribution in [2.24, 2.45) is 5.92 Å². The third kappa shape index (κ3) is 5.28. The molecular formula is C22H24N2O6. The van der Waals surface area contributed by atoms with E-state index in [0.717, 1.165) is 12.8 Å². The summed E-state index contributed by atoms with van der Waals surface area (Å²) in [5, 5.41) is 5.47. The summed E-state index contributed by atoms with van der Waals surface area (Å²) in [7, 11) is 3.00. The van der Waals surface area contributed by atoms with E-state index >= 15 is 0 Å². The Morgan fingerprint density at radius 1 is 0.967 bits per heavy atom. The van der Waals surface area contributed by atoms with E-state index in [1.165, 1.54) is 21.1 Å². The zero-order valence-electron chi connectivity index (χ0n) is 17.1. The molecule has 158 valence electrons. The van der Waals surface area contributed by atoms with Gasteiger partial charge in [0.2, 0.25) is 5.91 Å². The number of rotatable bonds is 8. The molecule has 0 spiro atoms. The summed E-state index contributed by atoms with van der Waals surface area (Å²) in [4.78, 5) is 36.6. The summed E-state index contributed by atoms with van der Waals surface area (Å²) in [6, 6.07) is 11.3. The molecule has 2 aromatic rings. The molecule has 1 atom stereocenters. The van der Waals surface area contributed by atoms with Gasteiger partial charge >= 0.3 is 5.97 Å². The highest BCUT2D eigenvalue weighted by Gasteiger charge is 2.29. The Hall–Kier alpha value is -3.55. The summed E-state index contributed by atoms with van der Waals surface area (Å²) in [5.41, 5.74) is 1.29. The van der Waals surface area contributed by atoms with Crippen molar-refractivity contribution in [3.8, 4) is 11.5 Å².